The molecule has 0 bridgehead atoms. The van der Waals surface area contributed by atoms with Crippen molar-refractivity contribution < 1.29 is 4.79 Å². The van der Waals surface area contributed by atoms with E-state index in [2.05, 4.69) is 0 Å². The van der Waals surface area contributed by atoms with E-state index < -0.39 is 0 Å². The summed E-state index contributed by atoms with van der Waals surface area (Å²) in [6.45, 7) is 0. The number of halogens is 2. The van der Waals surface area contributed by atoms with E-state index in [1.807, 2.05) is 17.1 Å². The molecule has 0 aliphatic heterocycles. The molecule has 17 heavy (non-hydrogen) atoms. The fourth-order valence-corrected chi connectivity index (χ4v) is 3.13. The SMILES string of the molecule is O=C(/C=C/c1ccc(Cl)cc1Cl)c1ccc[se]1. The summed E-state index contributed by atoms with van der Waals surface area (Å²) in [5, 5.41) is 1.13. The molecule has 86 valence electrons. The maximum atomic E-state index is 11.7. The van der Waals surface area contributed by atoms with Gasteiger partial charge in [0, 0.05) is 0 Å². The number of ketones is 1. The van der Waals surface area contributed by atoms with Crippen molar-refractivity contribution in [2.75, 3.05) is 0 Å². The molecule has 1 aromatic heterocycles. The van der Waals surface area contributed by atoms with Crippen LogP contribution in [0.5, 0.6) is 0 Å². The maximum absolute atomic E-state index is 11.7. The van der Waals surface area contributed by atoms with Gasteiger partial charge in [-0.1, -0.05) is 0 Å². The van der Waals surface area contributed by atoms with Crippen molar-refractivity contribution >= 4 is 49.6 Å². The molecule has 0 atom stereocenters. The summed E-state index contributed by atoms with van der Waals surface area (Å²) < 4.78 is 0.860. The number of hydrogen-bond acceptors (Lipinski definition) is 1. The Labute approximate surface area is 115 Å². The molecule has 1 aromatic carbocycles. The normalized spacial score (nSPS) is 10.9. The summed E-state index contributed by atoms with van der Waals surface area (Å²) in [4.78, 5) is 13.8. The summed E-state index contributed by atoms with van der Waals surface area (Å²) >= 11 is 12.0. The van der Waals surface area contributed by atoms with Gasteiger partial charge in [0.2, 0.25) is 0 Å². The molecular weight excluding hydrogens is 322 g/mol. The van der Waals surface area contributed by atoms with Gasteiger partial charge in [0.05, 0.1) is 0 Å². The van der Waals surface area contributed by atoms with E-state index in [9.17, 15) is 4.79 Å². The zero-order valence-electron chi connectivity index (χ0n) is 8.69. The molecule has 0 fully saturated rings. The molecule has 0 aliphatic rings. The van der Waals surface area contributed by atoms with Gasteiger partial charge < -0.3 is 0 Å². The molecule has 0 aliphatic carbocycles. The molecule has 0 spiro atoms. The first kappa shape index (κ1) is 12.7. The van der Waals surface area contributed by atoms with Gasteiger partial charge in [0.1, 0.15) is 0 Å². The van der Waals surface area contributed by atoms with Crippen LogP contribution in [0, 0.1) is 0 Å². The quantitative estimate of drug-likeness (QED) is 0.473. The van der Waals surface area contributed by atoms with Gasteiger partial charge >= 0.3 is 116 Å². The van der Waals surface area contributed by atoms with Crippen LogP contribution in [-0.2, 0) is 0 Å². The van der Waals surface area contributed by atoms with Crippen molar-refractivity contribution in [2.24, 2.45) is 0 Å². The number of carbonyl (C=O) groups is 1. The minimum absolute atomic E-state index is 0.0426. The Morgan fingerprint density at radius 1 is 1.24 bits per heavy atom. The van der Waals surface area contributed by atoms with E-state index in [0.717, 1.165) is 10.0 Å². The second kappa shape index (κ2) is 5.70. The van der Waals surface area contributed by atoms with Crippen molar-refractivity contribution in [1.29, 1.82) is 0 Å². The van der Waals surface area contributed by atoms with Crippen molar-refractivity contribution in [3.63, 3.8) is 0 Å². The Hall–Kier alpha value is -0.791. The topological polar surface area (TPSA) is 17.1 Å². The number of carbonyl (C=O) groups excluding carboxylic acids is 1. The van der Waals surface area contributed by atoms with Crippen molar-refractivity contribution in [1.82, 2.24) is 0 Å². The Morgan fingerprint density at radius 2 is 2.06 bits per heavy atom. The van der Waals surface area contributed by atoms with Crippen molar-refractivity contribution in [3.8, 4) is 0 Å². The molecule has 0 N–H and O–H groups in total. The minimum atomic E-state index is 0.0426. The molecule has 4 heteroatoms. The van der Waals surface area contributed by atoms with E-state index in [1.165, 1.54) is 0 Å². The first-order valence-corrected chi connectivity index (χ1v) is 7.48. The standard InChI is InChI=1S/C13H8Cl2OSe/c14-10-5-3-9(11(15)8-10)4-6-12(16)13-2-1-7-17-13/h1-8H/b6-4+. The van der Waals surface area contributed by atoms with E-state index >= 15 is 0 Å². The summed E-state index contributed by atoms with van der Waals surface area (Å²) in [5.41, 5.74) is 0.795. The van der Waals surface area contributed by atoms with E-state index in [1.54, 1.807) is 30.4 Å². The van der Waals surface area contributed by atoms with E-state index in [0.29, 0.717) is 10.0 Å². The molecule has 0 saturated heterocycles. The average molecular weight is 330 g/mol. The fraction of sp³-hybridized carbons (Fsp3) is 0. The summed E-state index contributed by atoms with van der Waals surface area (Å²) in [7, 11) is 0. The number of rotatable bonds is 3. The van der Waals surface area contributed by atoms with Gasteiger partial charge in [-0.25, -0.2) is 0 Å². The second-order valence-electron chi connectivity index (χ2n) is 3.34. The van der Waals surface area contributed by atoms with Gasteiger partial charge in [-0.15, -0.1) is 0 Å². The Bertz CT molecular complexity index is 559. The monoisotopic (exact) mass is 330 g/mol. The zero-order chi connectivity index (χ0) is 12.3. The van der Waals surface area contributed by atoms with Crippen LogP contribution in [0.3, 0.4) is 0 Å². The van der Waals surface area contributed by atoms with Crippen LogP contribution in [-0.4, -0.2) is 20.3 Å². The Balaban J connectivity index is 2.18. The molecule has 0 saturated carbocycles. The van der Waals surface area contributed by atoms with Gasteiger partial charge in [0.25, 0.3) is 0 Å². The van der Waals surface area contributed by atoms with Crippen LogP contribution in [0.15, 0.2) is 41.3 Å². The molecule has 2 rings (SSSR count). The Morgan fingerprint density at radius 3 is 2.71 bits per heavy atom. The first-order valence-electron chi connectivity index (χ1n) is 4.88. The van der Waals surface area contributed by atoms with Gasteiger partial charge in [0.15, 0.2) is 0 Å². The first-order chi connectivity index (χ1) is 8.16. The van der Waals surface area contributed by atoms with E-state index in [-0.39, 0.29) is 20.3 Å². The van der Waals surface area contributed by atoms with Crippen LogP contribution in [0.2, 0.25) is 10.0 Å². The van der Waals surface area contributed by atoms with Crippen molar-refractivity contribution in [2.45, 2.75) is 0 Å². The number of allylic oxidation sites excluding steroid dienone is 1. The van der Waals surface area contributed by atoms with Gasteiger partial charge in [-0.2, -0.15) is 0 Å². The molecule has 1 heterocycles. The van der Waals surface area contributed by atoms with Crippen molar-refractivity contribution in [3.05, 3.63) is 61.4 Å². The summed E-state index contributed by atoms with van der Waals surface area (Å²) in [6, 6.07) is 8.97. The summed E-state index contributed by atoms with van der Waals surface area (Å²) in [5.74, 6) is 0.0426. The molecule has 0 unspecified atom stereocenters. The number of hydrogen-bond donors (Lipinski definition) is 0. The van der Waals surface area contributed by atoms with Gasteiger partial charge in [-0.3, -0.25) is 0 Å². The third kappa shape index (κ3) is 3.33. The van der Waals surface area contributed by atoms with Crippen LogP contribution >= 0.6 is 23.2 Å². The van der Waals surface area contributed by atoms with Crippen LogP contribution in [0.25, 0.3) is 6.08 Å². The van der Waals surface area contributed by atoms with Crippen LogP contribution in [0.4, 0.5) is 0 Å². The molecule has 2 aromatic rings. The molecular formula is C13H8Cl2OSe. The third-order valence-electron chi connectivity index (χ3n) is 2.14. The zero-order valence-corrected chi connectivity index (χ0v) is 11.9. The van der Waals surface area contributed by atoms with E-state index in [4.69, 9.17) is 23.2 Å². The fourth-order valence-electron chi connectivity index (χ4n) is 1.30. The average Bonchev–Trinajstić information content (AvgIpc) is 2.81. The predicted octanol–water partition coefficient (Wildman–Crippen LogP) is 3.95. The second-order valence-corrected chi connectivity index (χ2v) is 6.17. The van der Waals surface area contributed by atoms with Gasteiger partial charge in [-0.05, 0) is 0 Å². The molecule has 0 radical (unpaired) electrons. The molecule has 1 nitrogen and oxygen atoms in total. The van der Waals surface area contributed by atoms with Crippen LogP contribution < -0.4 is 0 Å². The third-order valence-corrected chi connectivity index (χ3v) is 4.56. The molecule has 0 amide bonds. The summed E-state index contributed by atoms with van der Waals surface area (Å²) in [6.07, 6.45) is 3.27. The van der Waals surface area contributed by atoms with Crippen LogP contribution in [0.1, 0.15) is 14.8 Å². The Kier molecular flexibility index (Phi) is 4.25. The number of benzene rings is 1. The predicted molar refractivity (Wildman–Crippen MR) is 73.2 cm³/mol.